The minimum Gasteiger partial charge on any atom is -0.376 e. The zero-order valence-electron chi connectivity index (χ0n) is 12.1. The van der Waals surface area contributed by atoms with Crippen molar-refractivity contribution in [3.05, 3.63) is 0 Å². The lowest BCUT2D eigenvalue weighted by Gasteiger charge is -2.38. The average molecular weight is 256 g/mol. The summed E-state index contributed by atoms with van der Waals surface area (Å²) >= 11 is 0. The van der Waals surface area contributed by atoms with Gasteiger partial charge in [-0.05, 0) is 32.1 Å². The van der Waals surface area contributed by atoms with Crippen LogP contribution in [0.4, 0.5) is 0 Å². The number of rotatable bonds is 6. The number of likely N-dealkylation sites (tertiary alicyclic amines) is 1. The number of carbonyl (C=O) groups is 1. The van der Waals surface area contributed by atoms with E-state index in [1.807, 2.05) is 18.7 Å². The maximum atomic E-state index is 12.4. The molecule has 0 aromatic rings. The summed E-state index contributed by atoms with van der Waals surface area (Å²) in [6, 6.07) is 0. The van der Waals surface area contributed by atoms with Crippen LogP contribution in [0.3, 0.4) is 0 Å². The average Bonchev–Trinajstić information content (AvgIpc) is 2.43. The number of hydrogen-bond acceptors (Lipinski definition) is 3. The molecule has 18 heavy (non-hydrogen) atoms. The Morgan fingerprint density at radius 2 is 2.06 bits per heavy atom. The molecule has 1 unspecified atom stereocenters. The third-order valence-electron chi connectivity index (χ3n) is 3.91. The minimum atomic E-state index is -0.688. The molecule has 0 bridgehead atoms. The number of hydrogen-bond donors (Lipinski definition) is 1. The topological polar surface area (TPSA) is 55.6 Å². The summed E-state index contributed by atoms with van der Waals surface area (Å²) in [7, 11) is 0. The van der Waals surface area contributed by atoms with Crippen molar-refractivity contribution in [2.24, 2.45) is 5.73 Å². The molecule has 0 aliphatic carbocycles. The molecule has 0 aromatic heterocycles. The van der Waals surface area contributed by atoms with Crippen LogP contribution in [0.25, 0.3) is 0 Å². The molecule has 0 radical (unpaired) electrons. The summed E-state index contributed by atoms with van der Waals surface area (Å²) in [5.41, 5.74) is 5.50. The fourth-order valence-electron chi connectivity index (χ4n) is 2.41. The molecule has 4 heteroatoms. The van der Waals surface area contributed by atoms with Crippen molar-refractivity contribution in [1.29, 1.82) is 0 Å². The first-order valence-electron chi connectivity index (χ1n) is 7.27. The fourth-order valence-corrected chi connectivity index (χ4v) is 2.41. The third kappa shape index (κ3) is 3.69. The van der Waals surface area contributed by atoms with E-state index in [4.69, 9.17) is 10.5 Å². The summed E-state index contributed by atoms with van der Waals surface area (Å²) in [6.07, 6.45) is 4.68. The van der Waals surface area contributed by atoms with Crippen LogP contribution in [0.1, 0.15) is 52.9 Å². The van der Waals surface area contributed by atoms with E-state index in [0.29, 0.717) is 19.4 Å². The Labute approximate surface area is 111 Å². The zero-order valence-corrected chi connectivity index (χ0v) is 12.1. The van der Waals surface area contributed by atoms with Crippen LogP contribution < -0.4 is 5.73 Å². The van der Waals surface area contributed by atoms with Gasteiger partial charge >= 0.3 is 0 Å². The molecule has 1 aliphatic heterocycles. The van der Waals surface area contributed by atoms with Crippen molar-refractivity contribution >= 4 is 5.91 Å². The van der Waals surface area contributed by atoms with E-state index in [9.17, 15) is 4.79 Å². The summed E-state index contributed by atoms with van der Waals surface area (Å²) in [5.74, 6) is 0.0947. The Morgan fingerprint density at radius 3 is 2.61 bits per heavy atom. The van der Waals surface area contributed by atoms with Crippen molar-refractivity contribution < 1.29 is 9.53 Å². The van der Waals surface area contributed by atoms with Crippen LogP contribution >= 0.6 is 0 Å². The maximum absolute atomic E-state index is 12.4. The van der Waals surface area contributed by atoms with Crippen LogP contribution in [0, 0.1) is 0 Å². The first-order valence-corrected chi connectivity index (χ1v) is 7.27. The number of carbonyl (C=O) groups excluding carboxylic acids is 1. The van der Waals surface area contributed by atoms with Crippen molar-refractivity contribution in [3.8, 4) is 0 Å². The monoisotopic (exact) mass is 256 g/mol. The number of amides is 1. The molecule has 0 aromatic carbocycles. The molecular formula is C14H28N2O2. The Hall–Kier alpha value is -0.610. The van der Waals surface area contributed by atoms with Crippen LogP contribution in [-0.2, 0) is 9.53 Å². The normalized spacial score (nSPS) is 21.1. The molecule has 4 nitrogen and oxygen atoms in total. The summed E-state index contributed by atoms with van der Waals surface area (Å²) in [5, 5.41) is 0. The highest BCUT2D eigenvalue weighted by atomic mass is 16.5. The van der Waals surface area contributed by atoms with Gasteiger partial charge in [0, 0.05) is 19.7 Å². The molecule has 1 fully saturated rings. The second-order valence-corrected chi connectivity index (χ2v) is 5.25. The van der Waals surface area contributed by atoms with E-state index >= 15 is 0 Å². The summed E-state index contributed by atoms with van der Waals surface area (Å²) in [6.45, 7) is 8.38. The van der Waals surface area contributed by atoms with E-state index in [-0.39, 0.29) is 12.0 Å². The lowest BCUT2D eigenvalue weighted by molar-refractivity contribution is -0.141. The van der Waals surface area contributed by atoms with Gasteiger partial charge in [-0.15, -0.1) is 0 Å². The van der Waals surface area contributed by atoms with Gasteiger partial charge in [-0.1, -0.05) is 20.8 Å². The summed E-state index contributed by atoms with van der Waals surface area (Å²) in [4.78, 5) is 14.3. The van der Waals surface area contributed by atoms with E-state index in [1.165, 1.54) is 0 Å². The van der Waals surface area contributed by atoms with E-state index < -0.39 is 5.54 Å². The Balaban J connectivity index is 2.57. The highest BCUT2D eigenvalue weighted by molar-refractivity contribution is 5.86. The maximum Gasteiger partial charge on any atom is 0.242 e. The predicted molar refractivity (Wildman–Crippen MR) is 73.3 cm³/mol. The number of nitrogens with two attached hydrogens (primary N) is 1. The van der Waals surface area contributed by atoms with Gasteiger partial charge < -0.3 is 15.4 Å². The Kier molecular flexibility index (Phi) is 6.09. The van der Waals surface area contributed by atoms with Crippen LogP contribution in [0.2, 0.25) is 0 Å². The Bertz CT molecular complexity index is 265. The van der Waals surface area contributed by atoms with E-state index in [2.05, 4.69) is 6.92 Å². The molecule has 2 N–H and O–H groups in total. The molecule has 0 spiro atoms. The Morgan fingerprint density at radius 1 is 1.39 bits per heavy atom. The van der Waals surface area contributed by atoms with Gasteiger partial charge in [0.1, 0.15) is 0 Å². The standard InChI is InChI=1S/C14H28N2O2/c1-4-10-18-12-8-7-9-16(11-12)13(17)14(15,5-2)6-3/h12H,4-11,15H2,1-3H3. The largest absolute Gasteiger partial charge is 0.376 e. The zero-order chi connectivity index (χ0) is 13.6. The van der Waals surface area contributed by atoms with Gasteiger partial charge in [0.15, 0.2) is 0 Å². The lowest BCUT2D eigenvalue weighted by Crippen LogP contribution is -2.57. The smallest absolute Gasteiger partial charge is 0.242 e. The van der Waals surface area contributed by atoms with E-state index in [0.717, 1.165) is 32.4 Å². The molecule has 1 heterocycles. The highest BCUT2D eigenvalue weighted by Crippen LogP contribution is 2.20. The van der Waals surface area contributed by atoms with E-state index in [1.54, 1.807) is 0 Å². The minimum absolute atomic E-state index is 0.0947. The molecular weight excluding hydrogens is 228 g/mol. The van der Waals surface area contributed by atoms with Gasteiger partial charge in [0.25, 0.3) is 0 Å². The fraction of sp³-hybridized carbons (Fsp3) is 0.929. The second-order valence-electron chi connectivity index (χ2n) is 5.25. The van der Waals surface area contributed by atoms with Crippen molar-refractivity contribution in [3.63, 3.8) is 0 Å². The quantitative estimate of drug-likeness (QED) is 0.790. The van der Waals surface area contributed by atoms with Gasteiger partial charge in [0.2, 0.25) is 5.91 Å². The van der Waals surface area contributed by atoms with Crippen LogP contribution in [0.5, 0.6) is 0 Å². The molecule has 1 saturated heterocycles. The molecule has 1 aliphatic rings. The first-order chi connectivity index (χ1) is 8.57. The lowest BCUT2D eigenvalue weighted by atomic mass is 9.91. The SMILES string of the molecule is CCCOC1CCCN(C(=O)C(N)(CC)CC)C1. The van der Waals surface area contributed by atoms with Gasteiger partial charge in [0.05, 0.1) is 11.6 Å². The van der Waals surface area contributed by atoms with Crippen LogP contribution in [0.15, 0.2) is 0 Å². The first kappa shape index (κ1) is 15.4. The van der Waals surface area contributed by atoms with Gasteiger partial charge in [-0.2, -0.15) is 0 Å². The van der Waals surface area contributed by atoms with Gasteiger partial charge in [-0.25, -0.2) is 0 Å². The van der Waals surface area contributed by atoms with Crippen LogP contribution in [-0.4, -0.2) is 42.1 Å². The predicted octanol–water partition coefficient (Wildman–Crippen LogP) is 1.92. The van der Waals surface area contributed by atoms with Crippen molar-refractivity contribution in [2.45, 2.75) is 64.5 Å². The number of piperidine rings is 1. The molecule has 106 valence electrons. The summed E-state index contributed by atoms with van der Waals surface area (Å²) < 4.78 is 5.76. The third-order valence-corrected chi connectivity index (χ3v) is 3.91. The van der Waals surface area contributed by atoms with Crippen molar-refractivity contribution in [1.82, 2.24) is 4.90 Å². The van der Waals surface area contributed by atoms with Crippen molar-refractivity contribution in [2.75, 3.05) is 19.7 Å². The molecule has 1 rings (SSSR count). The highest BCUT2D eigenvalue weighted by Gasteiger charge is 2.36. The number of nitrogens with zero attached hydrogens (tertiary/aromatic N) is 1. The van der Waals surface area contributed by atoms with Gasteiger partial charge in [-0.3, -0.25) is 4.79 Å². The molecule has 1 amide bonds. The molecule has 0 saturated carbocycles. The molecule has 1 atom stereocenters. The number of ether oxygens (including phenoxy) is 1. The second kappa shape index (κ2) is 7.10.